The second-order valence-corrected chi connectivity index (χ2v) is 8.66. The van der Waals surface area contributed by atoms with Crippen LogP contribution < -0.4 is 15.4 Å². The predicted octanol–water partition coefficient (Wildman–Crippen LogP) is 1.14. The van der Waals surface area contributed by atoms with E-state index in [1.54, 1.807) is 24.4 Å². The summed E-state index contributed by atoms with van der Waals surface area (Å²) in [5.41, 5.74) is 0.911. The Labute approximate surface area is 176 Å². The van der Waals surface area contributed by atoms with E-state index in [1.165, 1.54) is 18.2 Å². The third-order valence-electron chi connectivity index (χ3n) is 5.09. The highest BCUT2D eigenvalue weighted by molar-refractivity contribution is 7.89. The monoisotopic (exact) mass is 428 g/mol. The fraction of sp³-hybridized carbons (Fsp3) is 0.350. The Bertz CT molecular complexity index is 1070. The van der Waals surface area contributed by atoms with E-state index >= 15 is 0 Å². The number of nitrogens with two attached hydrogens (primary N) is 1. The minimum absolute atomic E-state index is 0.0537. The van der Waals surface area contributed by atoms with E-state index in [0.717, 1.165) is 19.5 Å². The summed E-state index contributed by atoms with van der Waals surface area (Å²) in [7, 11) is -3.84. The van der Waals surface area contributed by atoms with Gasteiger partial charge in [-0.2, -0.15) is 5.26 Å². The van der Waals surface area contributed by atoms with E-state index in [0.29, 0.717) is 30.2 Å². The molecule has 1 atom stereocenters. The zero-order valence-electron chi connectivity index (χ0n) is 16.7. The van der Waals surface area contributed by atoms with Crippen molar-refractivity contribution in [1.82, 2.24) is 9.88 Å². The van der Waals surface area contributed by atoms with E-state index in [2.05, 4.69) is 26.2 Å². The number of benzene rings is 1. The van der Waals surface area contributed by atoms with Gasteiger partial charge in [0, 0.05) is 38.1 Å². The summed E-state index contributed by atoms with van der Waals surface area (Å²) in [5.74, 6) is 0.435. The zero-order chi connectivity index (χ0) is 21.7. The van der Waals surface area contributed by atoms with Gasteiger partial charge in [0.05, 0.1) is 16.5 Å². The summed E-state index contributed by atoms with van der Waals surface area (Å²) in [6.45, 7) is 4.55. The summed E-state index contributed by atoms with van der Waals surface area (Å²) in [6.07, 6.45) is 2.49. The lowest BCUT2D eigenvalue weighted by atomic mass is 10.2. The van der Waals surface area contributed by atoms with Gasteiger partial charge in [-0.15, -0.1) is 0 Å². The van der Waals surface area contributed by atoms with Crippen LogP contribution >= 0.6 is 0 Å². The first kappa shape index (κ1) is 21.7. The average Bonchev–Trinajstić information content (AvgIpc) is 2.99. The number of sulfonamides is 1. The minimum atomic E-state index is -3.84. The number of nitrogens with zero attached hydrogens (tertiary/aromatic N) is 4. The number of rotatable bonds is 5. The van der Waals surface area contributed by atoms with Crippen molar-refractivity contribution < 1.29 is 13.2 Å². The molecule has 1 amide bonds. The van der Waals surface area contributed by atoms with Crippen molar-refractivity contribution in [2.75, 3.05) is 36.4 Å². The maximum Gasteiger partial charge on any atom is 0.241 e. The van der Waals surface area contributed by atoms with Gasteiger partial charge in [0.1, 0.15) is 11.9 Å². The molecule has 158 valence electrons. The number of carbonyl (C=O) groups is 1. The number of pyridine rings is 1. The molecule has 9 nitrogen and oxygen atoms in total. The van der Waals surface area contributed by atoms with Gasteiger partial charge in [0.15, 0.2) is 0 Å². The second-order valence-electron chi connectivity index (χ2n) is 7.10. The van der Waals surface area contributed by atoms with Crippen LogP contribution in [0, 0.1) is 11.3 Å². The van der Waals surface area contributed by atoms with Crippen molar-refractivity contribution in [2.45, 2.75) is 24.3 Å². The summed E-state index contributed by atoms with van der Waals surface area (Å²) >= 11 is 0. The average molecular weight is 429 g/mol. The standard InChI is InChI=1S/C20H24N6O3S/c1-15(20(27)24-17-6-2-7-18(13-17)30(22,28)29)25-9-4-10-26(12-11-25)19-16(14-21)5-3-8-23-19/h2-3,5-8,13,15H,4,9-12H2,1H3,(H,24,27)(H2,22,28,29). The van der Waals surface area contributed by atoms with Crippen molar-refractivity contribution in [1.29, 1.82) is 5.26 Å². The largest absolute Gasteiger partial charge is 0.354 e. The lowest BCUT2D eigenvalue weighted by Gasteiger charge is -2.27. The number of hydrogen-bond acceptors (Lipinski definition) is 7. The predicted molar refractivity (Wildman–Crippen MR) is 113 cm³/mol. The van der Waals surface area contributed by atoms with Crippen molar-refractivity contribution >= 4 is 27.4 Å². The van der Waals surface area contributed by atoms with Crippen molar-refractivity contribution in [3.05, 3.63) is 48.2 Å². The minimum Gasteiger partial charge on any atom is -0.354 e. The van der Waals surface area contributed by atoms with Gasteiger partial charge >= 0.3 is 0 Å². The van der Waals surface area contributed by atoms with Crippen LogP contribution in [0.15, 0.2) is 47.5 Å². The first-order valence-corrected chi connectivity index (χ1v) is 11.1. The topological polar surface area (TPSA) is 132 Å². The molecule has 1 unspecified atom stereocenters. The number of amides is 1. The smallest absolute Gasteiger partial charge is 0.241 e. The van der Waals surface area contributed by atoms with Gasteiger partial charge in [-0.3, -0.25) is 9.69 Å². The molecule has 2 aromatic rings. The van der Waals surface area contributed by atoms with Gasteiger partial charge in [0.25, 0.3) is 0 Å². The number of hydrogen-bond donors (Lipinski definition) is 2. The van der Waals surface area contributed by atoms with Gasteiger partial charge in [0.2, 0.25) is 15.9 Å². The SMILES string of the molecule is CC(C(=O)Nc1cccc(S(N)(=O)=O)c1)N1CCCN(c2ncccc2C#N)CC1. The molecule has 30 heavy (non-hydrogen) atoms. The molecule has 1 fully saturated rings. The van der Waals surface area contributed by atoms with Crippen LogP contribution in [0.4, 0.5) is 11.5 Å². The molecule has 1 aromatic carbocycles. The summed E-state index contributed by atoms with van der Waals surface area (Å²) in [4.78, 5) is 21.2. The Morgan fingerprint density at radius 3 is 2.77 bits per heavy atom. The Morgan fingerprint density at radius 1 is 1.23 bits per heavy atom. The molecular weight excluding hydrogens is 404 g/mol. The van der Waals surface area contributed by atoms with Crippen molar-refractivity contribution in [3.63, 3.8) is 0 Å². The molecule has 0 radical (unpaired) electrons. The number of nitrogens with one attached hydrogen (secondary N) is 1. The molecule has 1 aromatic heterocycles. The van der Waals surface area contributed by atoms with Crippen LogP contribution in [0.25, 0.3) is 0 Å². The zero-order valence-corrected chi connectivity index (χ0v) is 17.5. The number of nitriles is 1. The third kappa shape index (κ3) is 5.13. The van der Waals surface area contributed by atoms with Gasteiger partial charge in [-0.1, -0.05) is 6.07 Å². The Balaban J connectivity index is 1.65. The molecule has 1 aliphatic rings. The van der Waals surface area contributed by atoms with Crippen LogP contribution in [0.2, 0.25) is 0 Å². The fourth-order valence-corrected chi connectivity index (χ4v) is 4.00. The van der Waals surface area contributed by atoms with Gasteiger partial charge < -0.3 is 10.2 Å². The highest BCUT2D eigenvalue weighted by Crippen LogP contribution is 2.20. The number of carbonyl (C=O) groups excluding carboxylic acids is 1. The van der Waals surface area contributed by atoms with Crippen molar-refractivity contribution in [3.8, 4) is 6.07 Å². The van der Waals surface area contributed by atoms with Gasteiger partial charge in [-0.25, -0.2) is 18.5 Å². The van der Waals surface area contributed by atoms with Crippen LogP contribution in [-0.2, 0) is 14.8 Å². The fourth-order valence-electron chi connectivity index (χ4n) is 3.44. The molecule has 0 bridgehead atoms. The first-order valence-electron chi connectivity index (χ1n) is 9.57. The van der Waals surface area contributed by atoms with E-state index in [1.807, 2.05) is 6.92 Å². The number of anilines is 2. The lowest BCUT2D eigenvalue weighted by Crippen LogP contribution is -2.44. The maximum atomic E-state index is 12.7. The van der Waals surface area contributed by atoms with E-state index in [9.17, 15) is 18.5 Å². The van der Waals surface area contributed by atoms with E-state index < -0.39 is 16.1 Å². The highest BCUT2D eigenvalue weighted by Gasteiger charge is 2.25. The molecule has 0 spiro atoms. The van der Waals surface area contributed by atoms with Gasteiger partial charge in [-0.05, 0) is 43.7 Å². The van der Waals surface area contributed by atoms with Crippen LogP contribution in [-0.4, -0.2) is 56.4 Å². The maximum absolute atomic E-state index is 12.7. The molecule has 0 aliphatic carbocycles. The highest BCUT2D eigenvalue weighted by atomic mass is 32.2. The Hall–Kier alpha value is -3.00. The van der Waals surface area contributed by atoms with Crippen molar-refractivity contribution in [2.24, 2.45) is 5.14 Å². The Morgan fingerprint density at radius 2 is 2.03 bits per heavy atom. The lowest BCUT2D eigenvalue weighted by molar-refractivity contribution is -0.120. The summed E-state index contributed by atoms with van der Waals surface area (Å²) in [5, 5.41) is 17.2. The quantitative estimate of drug-likeness (QED) is 0.730. The molecule has 10 heteroatoms. The molecule has 3 rings (SSSR count). The number of primary sulfonamides is 1. The molecule has 1 saturated heterocycles. The molecular formula is C20H24N6O3S. The van der Waals surface area contributed by atoms with Crippen LogP contribution in [0.5, 0.6) is 0 Å². The molecule has 1 aliphatic heterocycles. The van der Waals surface area contributed by atoms with Crippen LogP contribution in [0.3, 0.4) is 0 Å². The van der Waals surface area contributed by atoms with Crippen LogP contribution in [0.1, 0.15) is 18.9 Å². The number of aromatic nitrogens is 1. The first-order chi connectivity index (χ1) is 14.3. The third-order valence-corrected chi connectivity index (χ3v) is 6.01. The summed E-state index contributed by atoms with van der Waals surface area (Å²) in [6, 6.07) is 11.1. The molecule has 3 N–H and O–H groups in total. The molecule has 2 heterocycles. The van der Waals surface area contributed by atoms with E-state index in [-0.39, 0.29) is 10.8 Å². The normalized spacial score (nSPS) is 16.4. The second kappa shape index (κ2) is 9.21. The Kier molecular flexibility index (Phi) is 6.66. The summed E-state index contributed by atoms with van der Waals surface area (Å²) < 4.78 is 23.0. The molecule has 0 saturated carbocycles. The van der Waals surface area contributed by atoms with E-state index in [4.69, 9.17) is 5.14 Å².